The van der Waals surface area contributed by atoms with Crippen LogP contribution in [0, 0.1) is 5.92 Å². The molecule has 0 spiro atoms. The van der Waals surface area contributed by atoms with E-state index in [2.05, 4.69) is 15.6 Å². The van der Waals surface area contributed by atoms with Crippen LogP contribution in [0.1, 0.15) is 31.4 Å². The standard InChI is InChI=1S/C25H30N4O5/c1-3-16(2)22(28-25(32)34-15-17-9-5-4-6-10-17)24(31)27-21(23(30)29-33)13-18-14-26-20-12-8-7-11-19(18)20/h4-12,14,16,21-22,26,33H,3,13,15H2,1-2H3,(H,27,31)(H,28,32)(H,29,30)/t16-,21-,22-/m0/s1. The van der Waals surface area contributed by atoms with Gasteiger partial charge >= 0.3 is 6.09 Å². The van der Waals surface area contributed by atoms with Crippen molar-refractivity contribution in [3.8, 4) is 0 Å². The van der Waals surface area contributed by atoms with Crippen LogP contribution in [0.25, 0.3) is 10.9 Å². The topological polar surface area (TPSA) is 133 Å². The zero-order chi connectivity index (χ0) is 24.5. The fourth-order valence-corrected chi connectivity index (χ4v) is 3.66. The summed E-state index contributed by atoms with van der Waals surface area (Å²) < 4.78 is 5.26. The van der Waals surface area contributed by atoms with E-state index in [1.165, 1.54) is 0 Å². The largest absolute Gasteiger partial charge is 0.445 e. The first-order chi connectivity index (χ1) is 16.4. The molecule has 9 nitrogen and oxygen atoms in total. The summed E-state index contributed by atoms with van der Waals surface area (Å²) >= 11 is 0. The van der Waals surface area contributed by atoms with E-state index in [0.717, 1.165) is 22.0 Å². The van der Waals surface area contributed by atoms with Crippen LogP contribution in [-0.4, -0.2) is 40.2 Å². The fourth-order valence-electron chi connectivity index (χ4n) is 3.66. The normalized spacial score (nSPS) is 13.5. The van der Waals surface area contributed by atoms with E-state index in [-0.39, 0.29) is 18.9 Å². The number of H-pyrrole nitrogens is 1. The molecule has 34 heavy (non-hydrogen) atoms. The highest BCUT2D eigenvalue weighted by Crippen LogP contribution is 2.19. The second-order valence-corrected chi connectivity index (χ2v) is 8.17. The molecule has 5 N–H and O–H groups in total. The molecule has 0 aliphatic rings. The molecule has 3 aromatic rings. The molecule has 0 saturated heterocycles. The van der Waals surface area contributed by atoms with Gasteiger partial charge in [-0.15, -0.1) is 0 Å². The van der Waals surface area contributed by atoms with Gasteiger partial charge < -0.3 is 20.4 Å². The Morgan fingerprint density at radius 3 is 2.41 bits per heavy atom. The van der Waals surface area contributed by atoms with Gasteiger partial charge in [-0.05, 0) is 23.1 Å². The molecule has 180 valence electrons. The Balaban J connectivity index is 1.69. The summed E-state index contributed by atoms with van der Waals surface area (Å²) in [5.41, 5.74) is 4.14. The van der Waals surface area contributed by atoms with Crippen LogP contribution in [0.15, 0.2) is 60.8 Å². The van der Waals surface area contributed by atoms with Gasteiger partial charge in [-0.3, -0.25) is 14.8 Å². The van der Waals surface area contributed by atoms with Gasteiger partial charge in [0.25, 0.3) is 5.91 Å². The highest BCUT2D eigenvalue weighted by atomic mass is 16.5. The Hall–Kier alpha value is -3.85. The molecule has 0 radical (unpaired) electrons. The van der Waals surface area contributed by atoms with Crippen LogP contribution in [0.3, 0.4) is 0 Å². The van der Waals surface area contributed by atoms with E-state index in [1.54, 1.807) is 11.7 Å². The number of nitrogens with one attached hydrogen (secondary N) is 4. The number of carbonyl (C=O) groups excluding carboxylic acids is 3. The fraction of sp³-hybridized carbons (Fsp3) is 0.320. The third-order valence-corrected chi connectivity index (χ3v) is 5.82. The molecule has 0 aliphatic heterocycles. The highest BCUT2D eigenvalue weighted by Gasteiger charge is 2.30. The minimum atomic E-state index is -1.05. The predicted molar refractivity (Wildman–Crippen MR) is 127 cm³/mol. The molecule has 9 heteroatoms. The molecule has 0 unspecified atom stereocenters. The Morgan fingerprint density at radius 2 is 1.71 bits per heavy atom. The minimum absolute atomic E-state index is 0.0671. The number of fused-ring (bicyclic) bond motifs is 1. The Labute approximate surface area is 197 Å². The van der Waals surface area contributed by atoms with Crippen molar-refractivity contribution < 1.29 is 24.3 Å². The van der Waals surface area contributed by atoms with E-state index in [1.807, 2.05) is 68.4 Å². The van der Waals surface area contributed by atoms with Gasteiger partial charge in [-0.25, -0.2) is 10.3 Å². The molecule has 0 saturated carbocycles. The van der Waals surface area contributed by atoms with E-state index in [4.69, 9.17) is 4.74 Å². The maximum Gasteiger partial charge on any atom is 0.408 e. The third-order valence-electron chi connectivity index (χ3n) is 5.82. The summed E-state index contributed by atoms with van der Waals surface area (Å²) in [7, 11) is 0. The lowest BCUT2D eigenvalue weighted by Crippen LogP contribution is -2.56. The van der Waals surface area contributed by atoms with Gasteiger partial charge in [0.15, 0.2) is 0 Å². The van der Waals surface area contributed by atoms with Crippen molar-refractivity contribution >= 4 is 28.8 Å². The second kappa shape index (κ2) is 11.9. The predicted octanol–water partition coefficient (Wildman–Crippen LogP) is 3.04. The van der Waals surface area contributed by atoms with E-state index in [9.17, 15) is 19.6 Å². The summed E-state index contributed by atoms with van der Waals surface area (Å²) in [6.07, 6.45) is 1.79. The van der Waals surface area contributed by atoms with Gasteiger partial charge in [-0.2, -0.15) is 0 Å². The number of benzene rings is 2. The summed E-state index contributed by atoms with van der Waals surface area (Å²) in [5.74, 6) is -1.53. The van der Waals surface area contributed by atoms with Crippen molar-refractivity contribution in [2.24, 2.45) is 5.92 Å². The van der Waals surface area contributed by atoms with Crippen molar-refractivity contribution in [1.29, 1.82) is 0 Å². The van der Waals surface area contributed by atoms with Crippen molar-refractivity contribution in [2.75, 3.05) is 0 Å². The van der Waals surface area contributed by atoms with Crippen LogP contribution >= 0.6 is 0 Å². The number of aromatic amines is 1. The van der Waals surface area contributed by atoms with Crippen LogP contribution < -0.4 is 16.1 Å². The average Bonchev–Trinajstić information content (AvgIpc) is 3.28. The van der Waals surface area contributed by atoms with Gasteiger partial charge in [0.1, 0.15) is 18.7 Å². The molecule has 1 heterocycles. The first kappa shape index (κ1) is 24.8. The van der Waals surface area contributed by atoms with Crippen molar-refractivity contribution in [1.82, 2.24) is 21.1 Å². The van der Waals surface area contributed by atoms with Crippen LogP contribution in [0.2, 0.25) is 0 Å². The number of ether oxygens (including phenoxy) is 1. The van der Waals surface area contributed by atoms with Crippen LogP contribution in [0.4, 0.5) is 4.79 Å². The first-order valence-electron chi connectivity index (χ1n) is 11.2. The average molecular weight is 467 g/mol. The molecule has 3 amide bonds. The molecule has 3 atom stereocenters. The number of alkyl carbamates (subject to hydrolysis) is 1. The van der Waals surface area contributed by atoms with Crippen molar-refractivity contribution in [3.05, 3.63) is 71.9 Å². The number of hydrogen-bond acceptors (Lipinski definition) is 5. The van der Waals surface area contributed by atoms with Gasteiger partial charge in [0.2, 0.25) is 5.91 Å². The molecule has 0 bridgehead atoms. The quantitative estimate of drug-likeness (QED) is 0.231. The van der Waals surface area contributed by atoms with Crippen molar-refractivity contribution in [2.45, 2.75) is 45.4 Å². The number of rotatable bonds is 10. The highest BCUT2D eigenvalue weighted by molar-refractivity contribution is 5.92. The minimum Gasteiger partial charge on any atom is -0.445 e. The Kier molecular flexibility index (Phi) is 8.64. The molecule has 0 fully saturated rings. The number of para-hydroxylation sites is 1. The van der Waals surface area contributed by atoms with Crippen LogP contribution in [0.5, 0.6) is 0 Å². The maximum absolute atomic E-state index is 13.1. The van der Waals surface area contributed by atoms with E-state index < -0.39 is 30.0 Å². The van der Waals surface area contributed by atoms with Crippen LogP contribution in [-0.2, 0) is 27.4 Å². The zero-order valence-corrected chi connectivity index (χ0v) is 19.2. The van der Waals surface area contributed by atoms with Gasteiger partial charge in [-0.1, -0.05) is 68.8 Å². The van der Waals surface area contributed by atoms with Crippen molar-refractivity contribution in [3.63, 3.8) is 0 Å². The lowest BCUT2D eigenvalue weighted by molar-refractivity contribution is -0.135. The molecule has 0 aliphatic carbocycles. The molecule has 2 aromatic carbocycles. The first-order valence-corrected chi connectivity index (χ1v) is 11.2. The van der Waals surface area contributed by atoms with E-state index >= 15 is 0 Å². The molecular formula is C25H30N4O5. The summed E-state index contributed by atoms with van der Waals surface area (Å²) in [5, 5.41) is 15.4. The second-order valence-electron chi connectivity index (χ2n) is 8.17. The number of hydrogen-bond donors (Lipinski definition) is 5. The SMILES string of the molecule is CC[C@H](C)[C@H](NC(=O)OCc1ccccc1)C(=O)N[C@@H](Cc1c[nH]c2ccccc12)C(=O)NO. The van der Waals surface area contributed by atoms with E-state index in [0.29, 0.717) is 6.42 Å². The number of amides is 3. The Morgan fingerprint density at radius 1 is 1.00 bits per heavy atom. The Bertz CT molecular complexity index is 1110. The monoisotopic (exact) mass is 466 g/mol. The lowest BCUT2D eigenvalue weighted by atomic mass is 9.97. The summed E-state index contributed by atoms with van der Waals surface area (Å²) in [6.45, 7) is 3.78. The van der Waals surface area contributed by atoms with Gasteiger partial charge in [0.05, 0.1) is 0 Å². The lowest BCUT2D eigenvalue weighted by Gasteiger charge is -2.25. The molecular weight excluding hydrogens is 436 g/mol. The number of carbonyl (C=O) groups is 3. The zero-order valence-electron chi connectivity index (χ0n) is 19.2. The third kappa shape index (κ3) is 6.35. The summed E-state index contributed by atoms with van der Waals surface area (Å²) in [4.78, 5) is 41.0. The summed E-state index contributed by atoms with van der Waals surface area (Å²) in [6, 6.07) is 14.8. The molecule has 1 aromatic heterocycles. The number of hydroxylamine groups is 1. The van der Waals surface area contributed by atoms with Gasteiger partial charge in [0, 0.05) is 23.5 Å². The smallest absolute Gasteiger partial charge is 0.408 e. The molecule has 3 rings (SSSR count). The maximum atomic E-state index is 13.1. The number of aromatic nitrogens is 1.